The summed E-state index contributed by atoms with van der Waals surface area (Å²) in [5.74, 6) is 0.0472. The maximum Gasteiger partial charge on any atom is 0.325 e. The van der Waals surface area contributed by atoms with E-state index in [1.165, 1.54) is 0 Å². The van der Waals surface area contributed by atoms with Crippen molar-refractivity contribution in [3.8, 4) is 0 Å². The van der Waals surface area contributed by atoms with Crippen LogP contribution in [0.5, 0.6) is 0 Å². The summed E-state index contributed by atoms with van der Waals surface area (Å²) in [6.45, 7) is 7.89. The number of aromatic amines is 1. The predicted molar refractivity (Wildman–Crippen MR) is 75.5 cm³/mol. The van der Waals surface area contributed by atoms with Crippen LogP contribution >= 0.6 is 0 Å². The molecule has 0 aliphatic heterocycles. The molecule has 1 atom stereocenters. The number of rotatable bonds is 3. The largest absolute Gasteiger partial charge is 0.480 e. The van der Waals surface area contributed by atoms with Crippen molar-refractivity contribution in [3.63, 3.8) is 0 Å². The third-order valence-corrected chi connectivity index (χ3v) is 2.95. The van der Waals surface area contributed by atoms with E-state index in [-0.39, 0.29) is 5.41 Å². The summed E-state index contributed by atoms with van der Waals surface area (Å²) in [5, 5.41) is 11.8. The van der Waals surface area contributed by atoms with Crippen molar-refractivity contribution in [2.75, 3.05) is 5.32 Å². The Morgan fingerprint density at radius 2 is 2.11 bits per heavy atom. The summed E-state index contributed by atoms with van der Waals surface area (Å²) in [6, 6.07) is 4.99. The van der Waals surface area contributed by atoms with Crippen LogP contribution in [0.15, 0.2) is 18.2 Å². The molecule has 5 heteroatoms. The van der Waals surface area contributed by atoms with Crippen molar-refractivity contribution >= 4 is 22.7 Å². The Morgan fingerprint density at radius 1 is 1.42 bits per heavy atom. The standard InChI is InChI=1S/C14H19N3O2/c1-8(12(18)19)15-9-5-6-10-11(7-9)17-13(16-10)14(2,3)4/h5-8,15H,1-4H3,(H,16,17)(H,18,19). The molecule has 2 rings (SSSR count). The Balaban J connectivity index is 2.33. The van der Waals surface area contributed by atoms with E-state index in [9.17, 15) is 4.79 Å². The molecule has 0 spiro atoms. The van der Waals surface area contributed by atoms with Gasteiger partial charge in [0.15, 0.2) is 0 Å². The van der Waals surface area contributed by atoms with E-state index in [0.717, 1.165) is 22.5 Å². The highest BCUT2D eigenvalue weighted by Crippen LogP contribution is 2.24. The Bertz CT molecular complexity index is 611. The van der Waals surface area contributed by atoms with E-state index in [2.05, 4.69) is 36.1 Å². The average Bonchev–Trinajstić information content (AvgIpc) is 2.71. The molecule has 0 aliphatic rings. The molecular weight excluding hydrogens is 242 g/mol. The highest BCUT2D eigenvalue weighted by molar-refractivity contribution is 5.82. The SMILES string of the molecule is CC(Nc1ccc2nc(C(C)(C)C)[nH]c2c1)C(=O)O. The number of anilines is 1. The smallest absolute Gasteiger partial charge is 0.325 e. The first-order valence-corrected chi connectivity index (χ1v) is 6.27. The molecule has 5 nitrogen and oxygen atoms in total. The Hall–Kier alpha value is -2.04. The minimum absolute atomic E-state index is 0.0407. The highest BCUT2D eigenvalue weighted by atomic mass is 16.4. The van der Waals surface area contributed by atoms with Gasteiger partial charge in [-0.15, -0.1) is 0 Å². The summed E-state index contributed by atoms with van der Waals surface area (Å²) < 4.78 is 0. The molecule has 0 radical (unpaired) electrons. The topological polar surface area (TPSA) is 78.0 Å². The predicted octanol–water partition coefficient (Wildman–Crippen LogP) is 2.75. The molecule has 1 unspecified atom stereocenters. The maximum absolute atomic E-state index is 10.8. The number of nitrogens with zero attached hydrogens (tertiary/aromatic N) is 1. The first kappa shape index (κ1) is 13.4. The molecule has 19 heavy (non-hydrogen) atoms. The molecule has 0 bridgehead atoms. The van der Waals surface area contributed by atoms with Crippen LogP contribution in [-0.4, -0.2) is 27.1 Å². The number of nitrogens with one attached hydrogen (secondary N) is 2. The monoisotopic (exact) mass is 261 g/mol. The van der Waals surface area contributed by atoms with Gasteiger partial charge in [-0.05, 0) is 25.1 Å². The summed E-state index contributed by atoms with van der Waals surface area (Å²) in [5.41, 5.74) is 2.53. The average molecular weight is 261 g/mol. The summed E-state index contributed by atoms with van der Waals surface area (Å²) in [7, 11) is 0. The third kappa shape index (κ3) is 2.86. The first-order valence-electron chi connectivity index (χ1n) is 6.27. The zero-order valence-electron chi connectivity index (χ0n) is 11.6. The molecule has 0 saturated heterocycles. The van der Waals surface area contributed by atoms with Gasteiger partial charge < -0.3 is 15.4 Å². The van der Waals surface area contributed by atoms with E-state index in [1.807, 2.05) is 18.2 Å². The molecule has 102 valence electrons. The Morgan fingerprint density at radius 3 is 2.68 bits per heavy atom. The second kappa shape index (κ2) is 4.57. The van der Waals surface area contributed by atoms with E-state index in [4.69, 9.17) is 5.11 Å². The van der Waals surface area contributed by atoms with Crippen LogP contribution in [0.1, 0.15) is 33.5 Å². The van der Waals surface area contributed by atoms with Crippen LogP contribution in [0, 0.1) is 0 Å². The fourth-order valence-electron chi connectivity index (χ4n) is 1.77. The third-order valence-electron chi connectivity index (χ3n) is 2.95. The fraction of sp³-hybridized carbons (Fsp3) is 0.429. The number of aliphatic carboxylic acids is 1. The van der Waals surface area contributed by atoms with Crippen LogP contribution in [0.2, 0.25) is 0 Å². The van der Waals surface area contributed by atoms with Gasteiger partial charge in [-0.3, -0.25) is 4.79 Å². The van der Waals surface area contributed by atoms with Crippen molar-refractivity contribution in [2.24, 2.45) is 0 Å². The maximum atomic E-state index is 10.8. The van der Waals surface area contributed by atoms with Gasteiger partial charge in [0.05, 0.1) is 11.0 Å². The van der Waals surface area contributed by atoms with Gasteiger partial charge in [-0.2, -0.15) is 0 Å². The van der Waals surface area contributed by atoms with E-state index in [1.54, 1.807) is 6.92 Å². The van der Waals surface area contributed by atoms with Gasteiger partial charge in [0.2, 0.25) is 0 Å². The van der Waals surface area contributed by atoms with Gasteiger partial charge in [0.25, 0.3) is 0 Å². The number of hydrogen-bond acceptors (Lipinski definition) is 3. The second-order valence-corrected chi connectivity index (χ2v) is 5.77. The van der Waals surface area contributed by atoms with Crippen molar-refractivity contribution in [1.82, 2.24) is 9.97 Å². The van der Waals surface area contributed by atoms with Gasteiger partial charge >= 0.3 is 5.97 Å². The van der Waals surface area contributed by atoms with Gasteiger partial charge in [0, 0.05) is 11.1 Å². The van der Waals surface area contributed by atoms with Crippen molar-refractivity contribution in [3.05, 3.63) is 24.0 Å². The number of imidazole rings is 1. The number of carboxylic acid groups (broad SMARTS) is 1. The number of carboxylic acids is 1. The lowest BCUT2D eigenvalue weighted by molar-refractivity contribution is -0.137. The summed E-state index contributed by atoms with van der Waals surface area (Å²) in [4.78, 5) is 18.6. The molecule has 0 aliphatic carbocycles. The number of hydrogen-bond donors (Lipinski definition) is 3. The van der Waals surface area contributed by atoms with Gasteiger partial charge in [-0.1, -0.05) is 20.8 Å². The lowest BCUT2D eigenvalue weighted by Crippen LogP contribution is -2.25. The van der Waals surface area contributed by atoms with Gasteiger partial charge in [0.1, 0.15) is 11.9 Å². The molecule has 0 saturated carbocycles. The minimum atomic E-state index is -0.875. The number of fused-ring (bicyclic) bond motifs is 1. The Kier molecular flexibility index (Phi) is 3.22. The lowest BCUT2D eigenvalue weighted by Gasteiger charge is -2.13. The quantitative estimate of drug-likeness (QED) is 0.794. The zero-order chi connectivity index (χ0) is 14.2. The molecule has 0 fully saturated rings. The normalized spacial score (nSPS) is 13.5. The number of H-pyrrole nitrogens is 1. The Labute approximate surface area is 112 Å². The zero-order valence-corrected chi connectivity index (χ0v) is 11.6. The van der Waals surface area contributed by atoms with Crippen LogP contribution in [0.3, 0.4) is 0 Å². The van der Waals surface area contributed by atoms with Crippen LogP contribution in [-0.2, 0) is 10.2 Å². The molecule has 2 aromatic rings. The lowest BCUT2D eigenvalue weighted by atomic mass is 9.96. The van der Waals surface area contributed by atoms with Crippen molar-refractivity contribution in [2.45, 2.75) is 39.2 Å². The number of benzene rings is 1. The van der Waals surface area contributed by atoms with Crippen molar-refractivity contribution in [1.29, 1.82) is 0 Å². The molecule has 1 aromatic heterocycles. The molecule has 1 heterocycles. The van der Waals surface area contributed by atoms with Gasteiger partial charge in [-0.25, -0.2) is 4.98 Å². The molecule has 1 aromatic carbocycles. The number of carbonyl (C=O) groups is 1. The van der Waals surface area contributed by atoms with E-state index in [0.29, 0.717) is 0 Å². The van der Waals surface area contributed by atoms with Crippen LogP contribution < -0.4 is 5.32 Å². The van der Waals surface area contributed by atoms with Crippen LogP contribution in [0.25, 0.3) is 11.0 Å². The molecular formula is C14H19N3O2. The van der Waals surface area contributed by atoms with E-state index >= 15 is 0 Å². The fourth-order valence-corrected chi connectivity index (χ4v) is 1.77. The number of aromatic nitrogens is 2. The highest BCUT2D eigenvalue weighted by Gasteiger charge is 2.18. The van der Waals surface area contributed by atoms with E-state index < -0.39 is 12.0 Å². The van der Waals surface area contributed by atoms with Crippen molar-refractivity contribution < 1.29 is 9.90 Å². The van der Waals surface area contributed by atoms with Crippen LogP contribution in [0.4, 0.5) is 5.69 Å². The molecule has 0 amide bonds. The summed E-state index contributed by atoms with van der Waals surface area (Å²) >= 11 is 0. The minimum Gasteiger partial charge on any atom is -0.480 e. The molecule has 3 N–H and O–H groups in total. The second-order valence-electron chi connectivity index (χ2n) is 5.77. The summed E-state index contributed by atoms with van der Waals surface area (Å²) in [6.07, 6.45) is 0. The first-order chi connectivity index (χ1) is 8.77.